The van der Waals surface area contributed by atoms with Gasteiger partial charge in [0, 0.05) is 0 Å². The first kappa shape index (κ1) is 22.6. The number of thiocarbonyl (C=S) groups is 2. The molecule has 13 heavy (non-hydrogen) atoms. The number of aliphatic hydroxyl groups excluding tert-OH is 1. The van der Waals surface area contributed by atoms with Crippen molar-refractivity contribution in [2.45, 2.75) is 14.9 Å². The van der Waals surface area contributed by atoms with Gasteiger partial charge < -0.3 is 21.3 Å². The van der Waals surface area contributed by atoms with Gasteiger partial charge in [-0.1, -0.05) is 14.9 Å². The van der Waals surface area contributed by atoms with Gasteiger partial charge in [0.25, 0.3) is 10.3 Å². The predicted molar refractivity (Wildman–Crippen MR) is 61.2 cm³/mol. The van der Waals surface area contributed by atoms with Crippen molar-refractivity contribution >= 4 is 34.8 Å². The van der Waals surface area contributed by atoms with Crippen LogP contribution in [-0.2, 0) is 4.74 Å². The first-order valence-corrected chi connectivity index (χ1v) is 3.10. The molecule has 78 valence electrons. The summed E-state index contributed by atoms with van der Waals surface area (Å²) in [7, 11) is 0. The van der Waals surface area contributed by atoms with Gasteiger partial charge in [-0.3, -0.25) is 0 Å². The lowest BCUT2D eigenvalue weighted by Gasteiger charge is -1.91. The Hall–Kier alpha value is -1.13. The van der Waals surface area contributed by atoms with E-state index in [2.05, 4.69) is 34.9 Å². The topological polar surface area (TPSA) is 105 Å². The maximum Gasteiger partial charge on any atom is 0.254 e. The first-order valence-electron chi connectivity index (χ1n) is 2.28. The summed E-state index contributed by atoms with van der Waals surface area (Å²) in [5.74, 6) is 0. The van der Waals surface area contributed by atoms with E-state index in [-0.39, 0.29) is 26.6 Å². The third-order valence-corrected chi connectivity index (χ3v) is 0.397. The Morgan fingerprint density at radius 1 is 1.38 bits per heavy atom. The number of aliphatic hydroxyl groups is 1. The quantitative estimate of drug-likeness (QED) is 0.567. The summed E-state index contributed by atoms with van der Waals surface area (Å²) in [5, 5.41) is 14.8. The highest BCUT2D eigenvalue weighted by molar-refractivity contribution is 7.80. The largest absolute Gasteiger partial charge is 0.487 e. The molecule has 7 heteroatoms. The molecule has 0 atom stereocenters. The van der Waals surface area contributed by atoms with E-state index in [1.165, 1.54) is 0 Å². The van der Waals surface area contributed by atoms with Gasteiger partial charge in [-0.05, 0) is 24.4 Å². The highest BCUT2D eigenvalue weighted by Crippen LogP contribution is 1.68. The highest BCUT2D eigenvalue weighted by atomic mass is 32.1. The van der Waals surface area contributed by atoms with Gasteiger partial charge in [0.05, 0.1) is 0 Å². The van der Waals surface area contributed by atoms with Crippen molar-refractivity contribution < 1.29 is 9.84 Å². The molecule has 0 bridgehead atoms. The molecule has 0 spiro atoms. The summed E-state index contributed by atoms with van der Waals surface area (Å²) in [6.45, 7) is -0.0602. The van der Waals surface area contributed by atoms with Crippen LogP contribution in [0.15, 0.2) is 0 Å². The van der Waals surface area contributed by atoms with Gasteiger partial charge in [-0.2, -0.15) is 5.26 Å². The Morgan fingerprint density at radius 2 is 1.69 bits per heavy atom. The van der Waals surface area contributed by atoms with Crippen molar-refractivity contribution in [3.8, 4) is 6.07 Å². The normalized spacial score (nSPS) is 5.46. The van der Waals surface area contributed by atoms with Crippen LogP contribution in [0.2, 0.25) is 0 Å². The summed E-state index contributed by atoms with van der Waals surface area (Å²) >= 11 is 8.14. The smallest absolute Gasteiger partial charge is 0.254 e. The molecule has 0 aromatic carbocycles. The van der Waals surface area contributed by atoms with E-state index in [0.717, 1.165) is 0 Å². The third kappa shape index (κ3) is 104. The van der Waals surface area contributed by atoms with Crippen molar-refractivity contribution in [3.63, 3.8) is 0 Å². The van der Waals surface area contributed by atoms with Gasteiger partial charge >= 0.3 is 0 Å². The van der Waals surface area contributed by atoms with Crippen LogP contribution in [0, 0.1) is 11.3 Å². The zero-order valence-electron chi connectivity index (χ0n) is 5.48. The molecule has 0 aliphatic carbocycles. The standard InChI is InChI=1S/C3H4N2OS.CH3NOS.2CH4/c4-1-2-6-3(5)7;2-1(3)4;;/h2H2,(H2,5,7);(H3,2,3,4);2*1H4. The first-order chi connectivity index (χ1) is 5.00. The van der Waals surface area contributed by atoms with Crippen LogP contribution in [-0.4, -0.2) is 22.1 Å². The Morgan fingerprint density at radius 3 is 1.77 bits per heavy atom. The van der Waals surface area contributed by atoms with Crippen molar-refractivity contribution in [1.82, 2.24) is 0 Å². The summed E-state index contributed by atoms with van der Waals surface area (Å²) < 4.78 is 4.34. The van der Waals surface area contributed by atoms with Crippen LogP contribution in [0.1, 0.15) is 14.9 Å². The molecule has 0 amide bonds. The molecule has 0 saturated heterocycles. The number of ether oxygens (including phenoxy) is 1. The summed E-state index contributed by atoms with van der Waals surface area (Å²) in [6, 6.07) is 1.71. The van der Waals surface area contributed by atoms with Gasteiger partial charge in [-0.15, -0.1) is 0 Å². The zero-order valence-corrected chi connectivity index (χ0v) is 7.11. The van der Waals surface area contributed by atoms with E-state index in [9.17, 15) is 0 Å². The number of nitriles is 1. The van der Waals surface area contributed by atoms with E-state index in [4.69, 9.17) is 16.1 Å². The number of nitrogens with zero attached hydrogens (tertiary/aromatic N) is 1. The molecule has 0 unspecified atom stereocenters. The predicted octanol–water partition coefficient (Wildman–Crippen LogP) is 0.830. The van der Waals surface area contributed by atoms with E-state index < -0.39 is 5.17 Å². The highest BCUT2D eigenvalue weighted by Gasteiger charge is 1.81. The molecule has 0 saturated carbocycles. The van der Waals surface area contributed by atoms with Crippen LogP contribution < -0.4 is 11.5 Å². The van der Waals surface area contributed by atoms with Crippen molar-refractivity contribution in [3.05, 3.63) is 0 Å². The Kier molecular flexibility index (Phi) is 29.8. The van der Waals surface area contributed by atoms with E-state index in [0.29, 0.717) is 0 Å². The fraction of sp³-hybridized carbons (Fsp3) is 0.500. The Balaban J connectivity index is -0.0000000600. The lowest BCUT2D eigenvalue weighted by atomic mass is 10.8. The van der Waals surface area contributed by atoms with Gasteiger partial charge in [-0.25, -0.2) is 0 Å². The minimum Gasteiger partial charge on any atom is -0.487 e. The molecule has 0 aromatic heterocycles. The SMILES string of the molecule is C.C.N#CCOC(N)=S.NC(O)=S. The van der Waals surface area contributed by atoms with Crippen molar-refractivity contribution in [2.24, 2.45) is 11.5 Å². The van der Waals surface area contributed by atoms with Gasteiger partial charge in [0.15, 0.2) is 6.61 Å². The molecule has 5 N–H and O–H groups in total. The van der Waals surface area contributed by atoms with Crippen LogP contribution in [0.5, 0.6) is 0 Å². The lowest BCUT2D eigenvalue weighted by Crippen LogP contribution is -2.12. The molecular formula is C6H15N3O2S2. The minimum absolute atomic E-state index is 0. The van der Waals surface area contributed by atoms with Crippen LogP contribution >= 0.6 is 24.4 Å². The van der Waals surface area contributed by atoms with Crippen LogP contribution in [0.25, 0.3) is 0 Å². The van der Waals surface area contributed by atoms with Crippen LogP contribution in [0.4, 0.5) is 0 Å². The molecule has 0 aromatic rings. The number of hydrogen-bond donors (Lipinski definition) is 3. The minimum atomic E-state index is -0.500. The van der Waals surface area contributed by atoms with E-state index in [1.807, 2.05) is 0 Å². The van der Waals surface area contributed by atoms with Gasteiger partial charge in [0.2, 0.25) is 0 Å². The van der Waals surface area contributed by atoms with Crippen LogP contribution in [0.3, 0.4) is 0 Å². The van der Waals surface area contributed by atoms with E-state index >= 15 is 0 Å². The fourth-order valence-corrected chi connectivity index (χ4v) is 0.162. The van der Waals surface area contributed by atoms with E-state index in [1.54, 1.807) is 6.07 Å². The molecule has 0 fully saturated rings. The Labute approximate surface area is 89.3 Å². The number of nitrogens with two attached hydrogens (primary N) is 2. The average molecular weight is 225 g/mol. The molecular weight excluding hydrogens is 210 g/mol. The second kappa shape index (κ2) is 17.1. The monoisotopic (exact) mass is 225 g/mol. The third-order valence-electron chi connectivity index (χ3n) is 0.279. The van der Waals surface area contributed by atoms with Gasteiger partial charge in [0.1, 0.15) is 6.07 Å². The molecule has 0 radical (unpaired) electrons. The zero-order chi connectivity index (χ0) is 9.28. The summed E-state index contributed by atoms with van der Waals surface area (Å²) in [4.78, 5) is 0. The average Bonchev–Trinajstić information content (AvgIpc) is 1.82. The second-order valence-corrected chi connectivity index (χ2v) is 1.92. The summed E-state index contributed by atoms with van der Waals surface area (Å²) in [5.41, 5.74) is 9.23. The maximum atomic E-state index is 7.82. The number of rotatable bonds is 1. The molecule has 0 aliphatic rings. The Bertz CT molecular complexity index is 175. The maximum absolute atomic E-state index is 7.82. The lowest BCUT2D eigenvalue weighted by molar-refractivity contribution is 0.360. The second-order valence-electron chi connectivity index (χ2n) is 1.10. The molecule has 0 aliphatic heterocycles. The molecule has 5 nitrogen and oxygen atoms in total. The fourth-order valence-electron chi connectivity index (χ4n) is 0.103. The van der Waals surface area contributed by atoms with Crippen molar-refractivity contribution in [2.75, 3.05) is 6.61 Å². The molecule has 0 heterocycles. The molecule has 0 rings (SSSR count). The number of hydrogen-bond acceptors (Lipinski definition) is 4. The summed E-state index contributed by atoms with van der Waals surface area (Å²) in [6.07, 6.45) is 0. The van der Waals surface area contributed by atoms with Crippen molar-refractivity contribution in [1.29, 1.82) is 5.26 Å².